The molecule has 0 radical (unpaired) electrons. The summed E-state index contributed by atoms with van der Waals surface area (Å²) in [4.78, 5) is 0. The van der Waals surface area contributed by atoms with Crippen molar-refractivity contribution in [3.8, 4) is 0 Å². The molecule has 1 aromatic rings. The number of hydrogen-bond donors (Lipinski definition) is 1. The predicted octanol–water partition coefficient (Wildman–Crippen LogP) is 12.0. The van der Waals surface area contributed by atoms with Crippen LogP contribution < -0.4 is 5.32 Å². The lowest BCUT2D eigenvalue weighted by Gasteiger charge is -2.16. The van der Waals surface area contributed by atoms with Crippen LogP contribution in [0.15, 0.2) is 66.9 Å². The molecule has 1 aliphatic rings. The first-order chi connectivity index (χ1) is 17.0. The Labute approximate surface area is 223 Å². The van der Waals surface area contributed by atoms with Gasteiger partial charge >= 0.3 is 0 Å². The maximum atomic E-state index is 4.27. The maximum absolute atomic E-state index is 4.27. The molecule has 2 rings (SSSR count). The van der Waals surface area contributed by atoms with E-state index in [9.17, 15) is 0 Å². The fraction of sp³-hybridized carbons (Fsp3) is 0.647. The van der Waals surface area contributed by atoms with Crippen molar-refractivity contribution in [3.63, 3.8) is 0 Å². The number of hydrogen-bond acceptors (Lipinski definition) is 1. The van der Waals surface area contributed by atoms with Crippen LogP contribution in [-0.4, -0.2) is 6.54 Å². The largest absolute Gasteiger partial charge is 0.388 e. The van der Waals surface area contributed by atoms with Gasteiger partial charge in [-0.25, -0.2) is 0 Å². The summed E-state index contributed by atoms with van der Waals surface area (Å²) < 4.78 is 0. The summed E-state index contributed by atoms with van der Waals surface area (Å²) in [6, 6.07) is 10.3. The molecule has 0 amide bonds. The number of benzene rings is 1. The Morgan fingerprint density at radius 3 is 1.60 bits per heavy atom. The first-order valence-corrected chi connectivity index (χ1v) is 14.7. The zero-order valence-electron chi connectivity index (χ0n) is 25.7. The minimum absolute atomic E-state index is 1.04. The molecule has 35 heavy (non-hydrogen) atoms. The summed E-state index contributed by atoms with van der Waals surface area (Å²) in [5.41, 5.74) is 5.75. The molecule has 0 spiro atoms. The second-order valence-electron chi connectivity index (χ2n) is 8.41. The van der Waals surface area contributed by atoms with Gasteiger partial charge in [-0.3, -0.25) is 0 Å². The Morgan fingerprint density at radius 2 is 1.23 bits per heavy atom. The van der Waals surface area contributed by atoms with Crippen molar-refractivity contribution in [1.82, 2.24) is 5.32 Å². The van der Waals surface area contributed by atoms with Crippen molar-refractivity contribution < 1.29 is 0 Å². The minimum atomic E-state index is 1.04. The molecule has 1 saturated carbocycles. The number of allylic oxidation sites excluding steroid dienone is 3. The van der Waals surface area contributed by atoms with E-state index < -0.39 is 0 Å². The van der Waals surface area contributed by atoms with Crippen molar-refractivity contribution in [2.24, 2.45) is 0 Å². The number of aryl methyl sites for hydroxylation is 1. The molecule has 1 nitrogen and oxygen atoms in total. The van der Waals surface area contributed by atoms with Crippen LogP contribution in [-0.2, 0) is 0 Å². The Hall–Kier alpha value is -1.76. The second-order valence-corrected chi connectivity index (χ2v) is 8.41. The number of unbranched alkanes of at least 4 members (excludes halogenated alkanes) is 3. The quantitative estimate of drug-likeness (QED) is 0.298. The average molecular weight is 488 g/mol. The Morgan fingerprint density at radius 1 is 0.743 bits per heavy atom. The van der Waals surface area contributed by atoms with Gasteiger partial charge in [0, 0.05) is 12.2 Å². The highest BCUT2D eigenvalue weighted by Crippen LogP contribution is 2.29. The maximum Gasteiger partial charge on any atom is 0.0142 e. The lowest BCUT2D eigenvalue weighted by molar-refractivity contribution is 0.689. The van der Waals surface area contributed by atoms with E-state index in [2.05, 4.69) is 85.7 Å². The van der Waals surface area contributed by atoms with Gasteiger partial charge in [0.1, 0.15) is 0 Å². The predicted molar refractivity (Wildman–Crippen MR) is 167 cm³/mol. The molecule has 1 fully saturated rings. The molecule has 1 aliphatic carbocycles. The molecule has 0 saturated heterocycles. The third-order valence-electron chi connectivity index (χ3n) is 5.31. The monoisotopic (exact) mass is 488 g/mol. The molecule has 0 aromatic heterocycles. The van der Waals surface area contributed by atoms with E-state index in [0.29, 0.717) is 0 Å². The molecule has 0 bridgehead atoms. The highest BCUT2D eigenvalue weighted by molar-refractivity contribution is 5.33. The first-order valence-electron chi connectivity index (χ1n) is 14.7. The fourth-order valence-corrected chi connectivity index (χ4v) is 2.96. The van der Waals surface area contributed by atoms with E-state index in [4.69, 9.17) is 0 Å². The Kier molecular flexibility index (Phi) is 42.5. The van der Waals surface area contributed by atoms with Crippen LogP contribution in [0.5, 0.6) is 0 Å². The summed E-state index contributed by atoms with van der Waals surface area (Å²) in [7, 11) is 0. The summed E-state index contributed by atoms with van der Waals surface area (Å²) in [5.74, 6) is 0. The molecule has 0 heterocycles. The molecule has 206 valence electrons. The normalized spacial score (nSPS) is 13.1. The van der Waals surface area contributed by atoms with E-state index in [1.165, 1.54) is 93.9 Å². The second kappa shape index (κ2) is 36.8. The molecule has 1 heteroatoms. The smallest absolute Gasteiger partial charge is 0.0142 e. The van der Waals surface area contributed by atoms with Crippen LogP contribution in [0.4, 0.5) is 0 Å². The van der Waals surface area contributed by atoms with Crippen LogP contribution in [0.1, 0.15) is 138 Å². The summed E-state index contributed by atoms with van der Waals surface area (Å²) in [6.45, 7) is 30.6. The number of nitrogens with one attached hydrogen (secondary N) is 1. The van der Waals surface area contributed by atoms with Crippen LogP contribution >= 0.6 is 0 Å². The van der Waals surface area contributed by atoms with E-state index in [1.807, 2.05) is 32.0 Å². The van der Waals surface area contributed by atoms with Crippen LogP contribution in [0.3, 0.4) is 0 Å². The fourth-order valence-electron chi connectivity index (χ4n) is 2.96. The lowest BCUT2D eigenvalue weighted by atomic mass is 9.98. The summed E-state index contributed by atoms with van der Waals surface area (Å²) >= 11 is 0. The van der Waals surface area contributed by atoms with Gasteiger partial charge < -0.3 is 5.32 Å². The van der Waals surface area contributed by atoms with Crippen molar-refractivity contribution in [3.05, 3.63) is 72.5 Å². The lowest BCUT2D eigenvalue weighted by Crippen LogP contribution is -2.15. The standard InChI is InChI=1S/C15H27N.C7H8.2C4H10.C2H6.C2H4/c1-4-6-12-15(16-5-2)14-11-9-7-8-10-13(14)3;1-7-5-3-2-4-6-7;2*1-3-4-2;2*1-2/h16H,3-12H2,1-2H3;2-6H,1H3;2*3-4H2,1-2H3;1-2H3;1-2H2/b15-14-;;;;;. The van der Waals surface area contributed by atoms with Gasteiger partial charge in [0.25, 0.3) is 0 Å². The zero-order valence-corrected chi connectivity index (χ0v) is 25.7. The third kappa shape index (κ3) is 30.2. The van der Waals surface area contributed by atoms with Crippen molar-refractivity contribution in [1.29, 1.82) is 0 Å². The molecule has 0 aliphatic heterocycles. The van der Waals surface area contributed by atoms with E-state index in [0.717, 1.165) is 6.54 Å². The van der Waals surface area contributed by atoms with Gasteiger partial charge in [0.05, 0.1) is 0 Å². The average Bonchev–Trinajstić information content (AvgIpc) is 3.14. The van der Waals surface area contributed by atoms with Gasteiger partial charge in [0.2, 0.25) is 0 Å². The van der Waals surface area contributed by atoms with Gasteiger partial charge in [0.15, 0.2) is 0 Å². The molecule has 1 N–H and O–H groups in total. The molecule has 0 unspecified atom stereocenters. The van der Waals surface area contributed by atoms with Gasteiger partial charge in [-0.05, 0) is 57.9 Å². The minimum Gasteiger partial charge on any atom is -0.388 e. The highest BCUT2D eigenvalue weighted by Gasteiger charge is 2.12. The number of rotatable bonds is 7. The molecule has 0 atom stereocenters. The van der Waals surface area contributed by atoms with Crippen LogP contribution in [0.2, 0.25) is 0 Å². The van der Waals surface area contributed by atoms with Gasteiger partial charge in [-0.2, -0.15) is 0 Å². The SMILES string of the molecule is C=C.C=C1CCCCC/C1=C(\CCCC)NCC.CC.CCCC.CCCC.Cc1ccccc1. The van der Waals surface area contributed by atoms with Crippen molar-refractivity contribution >= 4 is 0 Å². The summed E-state index contributed by atoms with van der Waals surface area (Å²) in [6.07, 6.45) is 15.5. The van der Waals surface area contributed by atoms with Crippen molar-refractivity contribution in [2.75, 3.05) is 6.54 Å². The van der Waals surface area contributed by atoms with E-state index >= 15 is 0 Å². The van der Waals surface area contributed by atoms with Crippen LogP contribution in [0, 0.1) is 6.92 Å². The Balaban J connectivity index is -0.000000209. The van der Waals surface area contributed by atoms with Crippen LogP contribution in [0.25, 0.3) is 0 Å². The zero-order chi connectivity index (χ0) is 27.7. The van der Waals surface area contributed by atoms with Crippen molar-refractivity contribution in [2.45, 2.75) is 139 Å². The molecular formula is C34H65N. The van der Waals surface area contributed by atoms with Gasteiger partial charge in [-0.15, -0.1) is 13.2 Å². The first kappa shape index (κ1) is 40.4. The summed E-state index contributed by atoms with van der Waals surface area (Å²) in [5, 5.41) is 3.56. The molecule has 1 aromatic carbocycles. The molecular weight excluding hydrogens is 422 g/mol. The highest BCUT2D eigenvalue weighted by atomic mass is 14.9. The Bertz CT molecular complexity index is 533. The topological polar surface area (TPSA) is 12.0 Å². The van der Waals surface area contributed by atoms with Gasteiger partial charge in [-0.1, -0.05) is 135 Å². The third-order valence-corrected chi connectivity index (χ3v) is 5.31. The van der Waals surface area contributed by atoms with E-state index in [-0.39, 0.29) is 0 Å². The van der Waals surface area contributed by atoms with E-state index in [1.54, 1.807) is 5.57 Å².